The number of carboxylic acids is 1. The molecule has 6 heteroatoms. The second kappa shape index (κ2) is 5.42. The minimum absolute atomic E-state index is 0.296. The molecule has 2 rings (SSSR count). The summed E-state index contributed by atoms with van der Waals surface area (Å²) in [6.07, 6.45) is 1.65. The van der Waals surface area contributed by atoms with Gasteiger partial charge in [0.25, 0.3) is 0 Å². The van der Waals surface area contributed by atoms with Gasteiger partial charge in [0.15, 0.2) is 5.82 Å². The van der Waals surface area contributed by atoms with Crippen molar-refractivity contribution in [2.75, 3.05) is 0 Å². The molecule has 0 saturated carbocycles. The van der Waals surface area contributed by atoms with E-state index in [4.69, 9.17) is 5.11 Å². The van der Waals surface area contributed by atoms with Crippen molar-refractivity contribution in [1.29, 1.82) is 0 Å². The maximum absolute atomic E-state index is 10.7. The third-order valence-electron chi connectivity index (χ3n) is 2.46. The van der Waals surface area contributed by atoms with E-state index >= 15 is 0 Å². The average molecular weight is 246 g/mol. The maximum Gasteiger partial charge on any atom is 0.335 e. The number of benzene rings is 1. The Morgan fingerprint density at radius 1 is 1.33 bits per heavy atom. The van der Waals surface area contributed by atoms with Gasteiger partial charge in [-0.3, -0.25) is 4.68 Å². The van der Waals surface area contributed by atoms with Crippen LogP contribution in [0.5, 0.6) is 0 Å². The number of nitrogens with zero attached hydrogens (tertiary/aromatic N) is 3. The zero-order valence-corrected chi connectivity index (χ0v) is 10.00. The van der Waals surface area contributed by atoms with Crippen LogP contribution >= 0.6 is 0 Å². The summed E-state index contributed by atoms with van der Waals surface area (Å²) >= 11 is 0. The lowest BCUT2D eigenvalue weighted by molar-refractivity contribution is 0.0697. The van der Waals surface area contributed by atoms with Gasteiger partial charge in [-0.15, -0.1) is 0 Å². The molecule has 18 heavy (non-hydrogen) atoms. The van der Waals surface area contributed by atoms with Gasteiger partial charge in [-0.2, -0.15) is 5.10 Å². The van der Waals surface area contributed by atoms with Gasteiger partial charge in [0.2, 0.25) is 0 Å². The molecule has 0 bridgehead atoms. The summed E-state index contributed by atoms with van der Waals surface area (Å²) in [7, 11) is 1.82. The molecule has 0 aliphatic heterocycles. The van der Waals surface area contributed by atoms with Crippen LogP contribution in [-0.2, 0) is 20.1 Å². The SMILES string of the molecule is Cn1cnc(CNCc2ccc(C(=O)O)cc2)n1. The van der Waals surface area contributed by atoms with E-state index in [2.05, 4.69) is 15.4 Å². The van der Waals surface area contributed by atoms with Gasteiger partial charge in [0.05, 0.1) is 12.1 Å². The Labute approximate surface area is 104 Å². The van der Waals surface area contributed by atoms with E-state index < -0.39 is 5.97 Å². The highest BCUT2D eigenvalue weighted by atomic mass is 16.4. The van der Waals surface area contributed by atoms with E-state index in [1.54, 1.807) is 35.3 Å². The van der Waals surface area contributed by atoms with Crippen LogP contribution in [0.4, 0.5) is 0 Å². The Hall–Kier alpha value is -2.21. The highest BCUT2D eigenvalue weighted by Gasteiger charge is 2.02. The van der Waals surface area contributed by atoms with E-state index in [-0.39, 0.29) is 0 Å². The molecule has 2 aromatic rings. The van der Waals surface area contributed by atoms with Crippen molar-refractivity contribution in [3.63, 3.8) is 0 Å². The van der Waals surface area contributed by atoms with Crippen LogP contribution in [0.25, 0.3) is 0 Å². The number of nitrogens with one attached hydrogen (secondary N) is 1. The molecule has 1 aromatic heterocycles. The molecule has 6 nitrogen and oxygen atoms in total. The first-order chi connectivity index (χ1) is 8.65. The molecule has 0 fully saturated rings. The van der Waals surface area contributed by atoms with E-state index in [0.29, 0.717) is 18.7 Å². The van der Waals surface area contributed by atoms with Gasteiger partial charge < -0.3 is 10.4 Å². The topological polar surface area (TPSA) is 80.0 Å². The minimum atomic E-state index is -0.910. The Morgan fingerprint density at radius 2 is 2.06 bits per heavy atom. The predicted molar refractivity (Wildman–Crippen MR) is 64.9 cm³/mol. The lowest BCUT2D eigenvalue weighted by atomic mass is 10.1. The van der Waals surface area contributed by atoms with Crippen LogP contribution in [0.3, 0.4) is 0 Å². The van der Waals surface area contributed by atoms with Crippen LogP contribution in [0.1, 0.15) is 21.7 Å². The van der Waals surface area contributed by atoms with E-state index in [0.717, 1.165) is 11.4 Å². The standard InChI is InChI=1S/C12H14N4O2/c1-16-8-14-11(15-16)7-13-6-9-2-4-10(5-3-9)12(17)18/h2-5,8,13H,6-7H2,1H3,(H,17,18). The summed E-state index contributed by atoms with van der Waals surface area (Å²) < 4.78 is 1.65. The zero-order chi connectivity index (χ0) is 13.0. The van der Waals surface area contributed by atoms with Crippen LogP contribution in [0.2, 0.25) is 0 Å². The Balaban J connectivity index is 1.85. The van der Waals surface area contributed by atoms with Gasteiger partial charge >= 0.3 is 5.97 Å². The summed E-state index contributed by atoms with van der Waals surface area (Å²) in [5.41, 5.74) is 1.32. The van der Waals surface area contributed by atoms with E-state index in [1.807, 2.05) is 7.05 Å². The fraction of sp³-hybridized carbons (Fsp3) is 0.250. The zero-order valence-electron chi connectivity index (χ0n) is 10.00. The maximum atomic E-state index is 10.7. The molecule has 0 atom stereocenters. The fourth-order valence-electron chi connectivity index (χ4n) is 1.55. The highest BCUT2D eigenvalue weighted by molar-refractivity contribution is 5.87. The Kier molecular flexibility index (Phi) is 3.69. The molecule has 0 aliphatic rings. The molecule has 0 radical (unpaired) electrons. The van der Waals surface area contributed by atoms with E-state index in [1.165, 1.54) is 0 Å². The second-order valence-electron chi connectivity index (χ2n) is 3.94. The van der Waals surface area contributed by atoms with Crippen LogP contribution in [0.15, 0.2) is 30.6 Å². The van der Waals surface area contributed by atoms with Crippen molar-refractivity contribution in [3.8, 4) is 0 Å². The molecule has 0 saturated heterocycles. The quantitative estimate of drug-likeness (QED) is 0.815. The summed E-state index contributed by atoms with van der Waals surface area (Å²) in [6.45, 7) is 1.24. The van der Waals surface area contributed by atoms with Gasteiger partial charge in [-0.05, 0) is 17.7 Å². The smallest absolute Gasteiger partial charge is 0.335 e. The van der Waals surface area contributed by atoms with Crippen molar-refractivity contribution in [2.45, 2.75) is 13.1 Å². The van der Waals surface area contributed by atoms with Gasteiger partial charge in [-0.25, -0.2) is 9.78 Å². The lowest BCUT2D eigenvalue weighted by Crippen LogP contribution is -2.14. The van der Waals surface area contributed by atoms with Crippen LogP contribution in [0, 0.1) is 0 Å². The molecule has 2 N–H and O–H groups in total. The van der Waals surface area contributed by atoms with Crippen LogP contribution < -0.4 is 5.32 Å². The summed E-state index contributed by atoms with van der Waals surface area (Å²) in [5, 5.41) is 16.1. The first kappa shape index (κ1) is 12.3. The molecule has 1 aromatic carbocycles. The minimum Gasteiger partial charge on any atom is -0.478 e. The summed E-state index contributed by atoms with van der Waals surface area (Å²) in [5.74, 6) is -0.174. The summed E-state index contributed by atoms with van der Waals surface area (Å²) in [6, 6.07) is 6.78. The normalized spacial score (nSPS) is 10.5. The number of carbonyl (C=O) groups is 1. The first-order valence-corrected chi connectivity index (χ1v) is 5.52. The number of hydrogen-bond donors (Lipinski definition) is 2. The molecular formula is C12H14N4O2. The number of carboxylic acid groups (broad SMARTS) is 1. The molecular weight excluding hydrogens is 232 g/mol. The number of rotatable bonds is 5. The van der Waals surface area contributed by atoms with Crippen molar-refractivity contribution in [3.05, 3.63) is 47.5 Å². The second-order valence-corrected chi connectivity index (χ2v) is 3.94. The van der Waals surface area contributed by atoms with Crippen molar-refractivity contribution in [1.82, 2.24) is 20.1 Å². The molecule has 1 heterocycles. The largest absolute Gasteiger partial charge is 0.478 e. The summed E-state index contributed by atoms with van der Waals surface area (Å²) in [4.78, 5) is 14.8. The molecule has 94 valence electrons. The fourth-order valence-corrected chi connectivity index (χ4v) is 1.55. The molecule has 0 spiro atoms. The molecule has 0 amide bonds. The monoisotopic (exact) mass is 246 g/mol. The van der Waals surface area contributed by atoms with Crippen molar-refractivity contribution >= 4 is 5.97 Å². The number of aromatic nitrogens is 3. The number of aromatic carboxylic acids is 1. The first-order valence-electron chi connectivity index (χ1n) is 5.52. The van der Waals surface area contributed by atoms with Gasteiger partial charge in [0, 0.05) is 13.6 Å². The van der Waals surface area contributed by atoms with Crippen LogP contribution in [-0.4, -0.2) is 25.8 Å². The molecule has 0 aliphatic carbocycles. The van der Waals surface area contributed by atoms with Gasteiger partial charge in [-0.1, -0.05) is 12.1 Å². The van der Waals surface area contributed by atoms with Crippen molar-refractivity contribution in [2.24, 2.45) is 7.05 Å². The van der Waals surface area contributed by atoms with Gasteiger partial charge in [0.1, 0.15) is 6.33 Å². The Bertz CT molecular complexity index is 533. The van der Waals surface area contributed by atoms with Crippen molar-refractivity contribution < 1.29 is 9.90 Å². The third kappa shape index (κ3) is 3.14. The molecule has 0 unspecified atom stereocenters. The number of hydrogen-bond acceptors (Lipinski definition) is 4. The average Bonchev–Trinajstić information content (AvgIpc) is 2.76. The predicted octanol–water partition coefficient (Wildman–Crippen LogP) is 0.803. The van der Waals surface area contributed by atoms with E-state index in [9.17, 15) is 4.79 Å². The Morgan fingerprint density at radius 3 is 2.61 bits per heavy atom. The highest BCUT2D eigenvalue weighted by Crippen LogP contribution is 2.04. The number of aryl methyl sites for hydroxylation is 1. The lowest BCUT2D eigenvalue weighted by Gasteiger charge is -2.03. The third-order valence-corrected chi connectivity index (χ3v) is 2.46.